The zero-order valence-electron chi connectivity index (χ0n) is 21.0. The number of rotatable bonds is 5. The Hall–Kier alpha value is -3.75. The highest BCUT2D eigenvalue weighted by Crippen LogP contribution is 2.27. The zero-order chi connectivity index (χ0) is 25.3. The number of amides is 1. The van der Waals surface area contributed by atoms with E-state index >= 15 is 0 Å². The van der Waals surface area contributed by atoms with Gasteiger partial charge in [-0.1, -0.05) is 24.3 Å². The Kier molecular flexibility index (Phi) is 8.40. The van der Waals surface area contributed by atoms with Crippen LogP contribution >= 0.6 is 0 Å². The van der Waals surface area contributed by atoms with Crippen LogP contribution < -0.4 is 15.4 Å². The van der Waals surface area contributed by atoms with Crippen molar-refractivity contribution in [2.45, 2.75) is 25.9 Å². The summed E-state index contributed by atoms with van der Waals surface area (Å²) in [5.41, 5.74) is 3.97. The summed E-state index contributed by atoms with van der Waals surface area (Å²) in [6.45, 7) is 5.40. The first-order valence-electron chi connectivity index (χ1n) is 12.9. The summed E-state index contributed by atoms with van der Waals surface area (Å²) in [4.78, 5) is 24.2. The molecule has 5 rings (SSSR count). The van der Waals surface area contributed by atoms with Crippen LogP contribution in [0.25, 0.3) is 11.3 Å². The average molecular weight is 500 g/mol. The Morgan fingerprint density at radius 2 is 1.92 bits per heavy atom. The van der Waals surface area contributed by atoms with Crippen LogP contribution in [0.15, 0.2) is 66.9 Å². The van der Waals surface area contributed by atoms with Gasteiger partial charge in [0.1, 0.15) is 5.75 Å². The van der Waals surface area contributed by atoms with Crippen molar-refractivity contribution >= 4 is 17.5 Å². The van der Waals surface area contributed by atoms with Crippen LogP contribution in [0.3, 0.4) is 0 Å². The molecule has 1 saturated heterocycles. The maximum Gasteiger partial charge on any atom is 0.251 e. The summed E-state index contributed by atoms with van der Waals surface area (Å²) in [5, 5.41) is 6.22. The predicted octanol–water partition coefficient (Wildman–Crippen LogP) is 4.57. The molecule has 2 aliphatic heterocycles. The summed E-state index contributed by atoms with van der Waals surface area (Å²) in [6, 6.07) is 15.2. The van der Waals surface area contributed by atoms with Crippen molar-refractivity contribution in [3.8, 4) is 17.0 Å². The molecule has 0 aliphatic carbocycles. The standard InChI is InChI=1S/C29H33N5O3/c35-28-23-8-5-7-22(19-23)26-11-13-31-29(33-26)32-25-9-10-27(37-18-6-16-34-14-2-3-15-34)24(20-25)21-36-17-4-1-12-30-28/h1,4-5,7-11,13,19-20H,2-3,6,12,14-18,21H2,(H,30,35)(H,31,32,33). The fraction of sp³-hybridized carbons (Fsp3) is 0.345. The number of benzene rings is 2. The highest BCUT2D eigenvalue weighted by atomic mass is 16.5. The Morgan fingerprint density at radius 1 is 1.03 bits per heavy atom. The SMILES string of the molecule is O=C1NCC=CCOCc2cc(ccc2OCCCN2CCCC2)Nc2nccc(n2)-c2cccc1c2. The van der Waals surface area contributed by atoms with Crippen molar-refractivity contribution in [2.24, 2.45) is 0 Å². The molecule has 0 unspecified atom stereocenters. The number of fused-ring (bicyclic) bond motifs is 7. The van der Waals surface area contributed by atoms with Gasteiger partial charge in [-0.15, -0.1) is 0 Å². The number of nitrogens with zero attached hydrogens (tertiary/aromatic N) is 3. The van der Waals surface area contributed by atoms with E-state index in [4.69, 9.17) is 9.47 Å². The van der Waals surface area contributed by atoms with Crippen molar-refractivity contribution in [1.82, 2.24) is 20.2 Å². The molecule has 0 radical (unpaired) electrons. The largest absolute Gasteiger partial charge is 0.493 e. The Labute approximate surface area is 217 Å². The van der Waals surface area contributed by atoms with Gasteiger partial charge in [-0.05, 0) is 68.8 Å². The molecule has 1 aromatic heterocycles. The maximum atomic E-state index is 12.6. The van der Waals surface area contributed by atoms with Crippen molar-refractivity contribution in [3.05, 3.63) is 78.0 Å². The normalized spacial score (nSPS) is 16.4. The molecule has 37 heavy (non-hydrogen) atoms. The molecule has 2 aromatic carbocycles. The molecule has 2 N–H and O–H groups in total. The van der Waals surface area contributed by atoms with E-state index in [9.17, 15) is 4.79 Å². The molecule has 1 fully saturated rings. The number of carbonyl (C=O) groups is 1. The van der Waals surface area contributed by atoms with E-state index in [0.29, 0.717) is 37.9 Å². The van der Waals surface area contributed by atoms with Crippen LogP contribution in [0.1, 0.15) is 35.2 Å². The lowest BCUT2D eigenvalue weighted by molar-refractivity contribution is 0.0957. The third kappa shape index (κ3) is 6.93. The van der Waals surface area contributed by atoms with Gasteiger partial charge in [-0.3, -0.25) is 4.79 Å². The number of ether oxygens (including phenoxy) is 2. The number of nitrogens with one attached hydrogen (secondary N) is 2. The van der Waals surface area contributed by atoms with Crippen molar-refractivity contribution in [1.29, 1.82) is 0 Å². The third-order valence-corrected chi connectivity index (χ3v) is 6.49. The molecule has 0 saturated carbocycles. The van der Waals surface area contributed by atoms with E-state index < -0.39 is 0 Å². The quantitative estimate of drug-likeness (QED) is 0.393. The summed E-state index contributed by atoms with van der Waals surface area (Å²) >= 11 is 0. The van der Waals surface area contributed by atoms with Crippen LogP contribution in [-0.2, 0) is 11.3 Å². The van der Waals surface area contributed by atoms with Crippen molar-refractivity contribution in [3.63, 3.8) is 0 Å². The number of hydrogen-bond acceptors (Lipinski definition) is 7. The molecule has 8 heteroatoms. The minimum Gasteiger partial charge on any atom is -0.493 e. The highest BCUT2D eigenvalue weighted by Gasteiger charge is 2.12. The molecule has 0 atom stereocenters. The van der Waals surface area contributed by atoms with Crippen LogP contribution in [0.4, 0.5) is 11.6 Å². The smallest absolute Gasteiger partial charge is 0.251 e. The fourth-order valence-corrected chi connectivity index (χ4v) is 4.56. The van der Waals surface area contributed by atoms with Gasteiger partial charge < -0.3 is 25.0 Å². The topological polar surface area (TPSA) is 88.6 Å². The second-order valence-corrected chi connectivity index (χ2v) is 9.24. The molecule has 1 amide bonds. The molecule has 2 aliphatic rings. The number of aromatic nitrogens is 2. The van der Waals surface area contributed by atoms with Crippen LogP contribution in [0, 0.1) is 0 Å². The molecule has 3 aromatic rings. The van der Waals surface area contributed by atoms with E-state index in [1.807, 2.05) is 54.6 Å². The fourth-order valence-electron chi connectivity index (χ4n) is 4.56. The van der Waals surface area contributed by atoms with Crippen molar-refractivity contribution in [2.75, 3.05) is 44.7 Å². The molecule has 6 bridgehead atoms. The van der Waals surface area contributed by atoms with Gasteiger partial charge in [-0.25, -0.2) is 9.97 Å². The van der Waals surface area contributed by atoms with E-state index in [1.54, 1.807) is 12.3 Å². The zero-order valence-corrected chi connectivity index (χ0v) is 21.0. The lowest BCUT2D eigenvalue weighted by Crippen LogP contribution is -2.23. The molecular weight excluding hydrogens is 466 g/mol. The highest BCUT2D eigenvalue weighted by molar-refractivity contribution is 5.95. The van der Waals surface area contributed by atoms with E-state index in [-0.39, 0.29) is 5.91 Å². The minimum atomic E-state index is -0.137. The maximum absolute atomic E-state index is 12.6. The Balaban J connectivity index is 1.35. The molecule has 3 heterocycles. The monoisotopic (exact) mass is 499 g/mol. The number of carbonyl (C=O) groups excluding carboxylic acids is 1. The summed E-state index contributed by atoms with van der Waals surface area (Å²) in [5.74, 6) is 1.16. The van der Waals surface area contributed by atoms with Crippen LogP contribution in [0.5, 0.6) is 5.75 Å². The van der Waals surface area contributed by atoms with Gasteiger partial charge in [0.25, 0.3) is 5.91 Å². The molecule has 8 nitrogen and oxygen atoms in total. The second kappa shape index (κ2) is 12.5. The van der Waals surface area contributed by atoms with Gasteiger partial charge >= 0.3 is 0 Å². The lowest BCUT2D eigenvalue weighted by Gasteiger charge is -2.16. The first kappa shape index (κ1) is 24.9. The first-order valence-corrected chi connectivity index (χ1v) is 12.9. The Morgan fingerprint density at radius 3 is 2.84 bits per heavy atom. The minimum absolute atomic E-state index is 0.137. The van der Waals surface area contributed by atoms with E-state index in [2.05, 4.69) is 25.5 Å². The van der Waals surface area contributed by atoms with Gasteiger partial charge in [0.2, 0.25) is 5.95 Å². The van der Waals surface area contributed by atoms with Gasteiger partial charge in [0.05, 0.1) is 25.5 Å². The number of hydrogen-bond donors (Lipinski definition) is 2. The summed E-state index contributed by atoms with van der Waals surface area (Å²) in [7, 11) is 0. The van der Waals surface area contributed by atoms with Gasteiger partial charge in [0, 0.05) is 41.7 Å². The van der Waals surface area contributed by atoms with Crippen molar-refractivity contribution < 1.29 is 14.3 Å². The summed E-state index contributed by atoms with van der Waals surface area (Å²) in [6.07, 6.45) is 9.12. The third-order valence-electron chi connectivity index (χ3n) is 6.49. The molecule has 0 spiro atoms. The van der Waals surface area contributed by atoms with Gasteiger partial charge in [0.15, 0.2) is 0 Å². The first-order chi connectivity index (χ1) is 18.2. The predicted molar refractivity (Wildman–Crippen MR) is 144 cm³/mol. The molecule has 192 valence electrons. The van der Waals surface area contributed by atoms with Crippen LogP contribution in [0.2, 0.25) is 0 Å². The lowest BCUT2D eigenvalue weighted by atomic mass is 10.1. The number of likely N-dealkylation sites (tertiary alicyclic amines) is 1. The summed E-state index contributed by atoms with van der Waals surface area (Å²) < 4.78 is 12.1. The second-order valence-electron chi connectivity index (χ2n) is 9.24. The van der Waals surface area contributed by atoms with E-state index in [0.717, 1.165) is 41.2 Å². The van der Waals surface area contributed by atoms with E-state index in [1.165, 1.54) is 25.9 Å². The average Bonchev–Trinajstić information content (AvgIpc) is 3.45. The Bertz CT molecular complexity index is 1240. The number of anilines is 2. The van der Waals surface area contributed by atoms with Crippen LogP contribution in [-0.4, -0.2) is 60.2 Å². The molecular formula is C29H33N5O3. The van der Waals surface area contributed by atoms with Gasteiger partial charge in [-0.2, -0.15) is 0 Å².